The van der Waals surface area contributed by atoms with Crippen molar-refractivity contribution >= 4 is 34.4 Å². The number of amides is 1. The van der Waals surface area contributed by atoms with Gasteiger partial charge in [-0.2, -0.15) is 0 Å². The SMILES string of the molecule is Cc1ccc(Oc2ccc(Nc3ncnc4ccc(/C=C/CNC(=O)CCO)cc34)cc2C)cn1. The highest BCUT2D eigenvalue weighted by Gasteiger charge is 2.08. The molecule has 4 aromatic rings. The second-order valence-corrected chi connectivity index (χ2v) is 8.02. The average Bonchev–Trinajstić information content (AvgIpc) is 2.85. The van der Waals surface area contributed by atoms with E-state index in [2.05, 4.69) is 25.6 Å². The molecular weight excluding hydrogens is 442 g/mol. The van der Waals surface area contributed by atoms with Crippen LogP contribution in [-0.4, -0.2) is 39.1 Å². The van der Waals surface area contributed by atoms with Crippen molar-refractivity contribution in [1.29, 1.82) is 0 Å². The highest BCUT2D eigenvalue weighted by atomic mass is 16.5. The lowest BCUT2D eigenvalue weighted by Crippen LogP contribution is -2.23. The zero-order valence-electron chi connectivity index (χ0n) is 19.7. The van der Waals surface area contributed by atoms with Crippen molar-refractivity contribution in [3.63, 3.8) is 0 Å². The fourth-order valence-corrected chi connectivity index (χ4v) is 3.46. The van der Waals surface area contributed by atoms with Crippen LogP contribution in [0.2, 0.25) is 0 Å². The minimum atomic E-state index is -0.183. The van der Waals surface area contributed by atoms with Gasteiger partial charge in [-0.1, -0.05) is 18.2 Å². The summed E-state index contributed by atoms with van der Waals surface area (Å²) in [6, 6.07) is 15.6. The number of benzene rings is 2. The second-order valence-electron chi connectivity index (χ2n) is 8.02. The Bertz CT molecular complexity index is 1350. The van der Waals surface area contributed by atoms with Crippen molar-refractivity contribution in [3.8, 4) is 11.5 Å². The van der Waals surface area contributed by atoms with Gasteiger partial charge in [0, 0.05) is 29.7 Å². The number of aryl methyl sites for hydroxylation is 2. The van der Waals surface area contributed by atoms with Crippen molar-refractivity contribution in [2.45, 2.75) is 20.3 Å². The van der Waals surface area contributed by atoms with Crippen LogP contribution in [0.15, 0.2) is 67.1 Å². The van der Waals surface area contributed by atoms with Gasteiger partial charge in [0.25, 0.3) is 0 Å². The second kappa shape index (κ2) is 11.2. The third-order valence-corrected chi connectivity index (χ3v) is 5.28. The minimum Gasteiger partial charge on any atom is -0.455 e. The quantitative estimate of drug-likeness (QED) is 0.326. The summed E-state index contributed by atoms with van der Waals surface area (Å²) in [5, 5.41) is 15.8. The molecule has 2 aromatic heterocycles. The number of hydrogen-bond acceptors (Lipinski definition) is 7. The lowest BCUT2D eigenvalue weighted by atomic mass is 10.1. The smallest absolute Gasteiger partial charge is 0.222 e. The van der Waals surface area contributed by atoms with E-state index < -0.39 is 0 Å². The molecule has 3 N–H and O–H groups in total. The summed E-state index contributed by atoms with van der Waals surface area (Å²) >= 11 is 0. The molecule has 0 spiro atoms. The first kappa shape index (κ1) is 23.8. The molecule has 0 atom stereocenters. The van der Waals surface area contributed by atoms with E-state index in [4.69, 9.17) is 9.84 Å². The van der Waals surface area contributed by atoms with Gasteiger partial charge in [-0.05, 0) is 67.4 Å². The third kappa shape index (κ3) is 6.39. The zero-order chi connectivity index (χ0) is 24.6. The molecule has 0 aliphatic carbocycles. The van der Waals surface area contributed by atoms with Crippen LogP contribution in [0, 0.1) is 13.8 Å². The lowest BCUT2D eigenvalue weighted by molar-refractivity contribution is -0.121. The number of carbonyl (C=O) groups is 1. The molecule has 35 heavy (non-hydrogen) atoms. The zero-order valence-corrected chi connectivity index (χ0v) is 19.7. The van der Waals surface area contributed by atoms with Crippen LogP contribution in [-0.2, 0) is 4.79 Å². The Morgan fingerprint density at radius 3 is 2.71 bits per heavy atom. The standard InChI is InChI=1S/C27H27N5O3/c1-18-14-21(7-10-25(18)35-22-8-5-19(2)29-16-22)32-27-23-15-20(6-9-24(23)30-17-31-27)4-3-12-28-26(34)11-13-33/h3-10,14-17,33H,11-13H2,1-2H3,(H,28,34)(H,30,31,32)/b4-3+. The molecule has 4 rings (SSSR count). The van der Waals surface area contributed by atoms with E-state index in [0.29, 0.717) is 18.1 Å². The molecule has 0 fully saturated rings. The van der Waals surface area contributed by atoms with Gasteiger partial charge in [-0.25, -0.2) is 9.97 Å². The first-order valence-corrected chi connectivity index (χ1v) is 11.3. The maximum absolute atomic E-state index is 11.5. The number of nitrogens with one attached hydrogen (secondary N) is 2. The molecule has 0 aliphatic heterocycles. The van der Waals surface area contributed by atoms with Crippen molar-refractivity contribution in [2.75, 3.05) is 18.5 Å². The van der Waals surface area contributed by atoms with Gasteiger partial charge >= 0.3 is 0 Å². The van der Waals surface area contributed by atoms with Crippen molar-refractivity contribution in [1.82, 2.24) is 20.3 Å². The Morgan fingerprint density at radius 2 is 1.94 bits per heavy atom. The number of aliphatic hydroxyl groups is 1. The van der Waals surface area contributed by atoms with E-state index in [-0.39, 0.29) is 18.9 Å². The summed E-state index contributed by atoms with van der Waals surface area (Å²) < 4.78 is 5.97. The van der Waals surface area contributed by atoms with Crippen LogP contribution in [0.25, 0.3) is 17.0 Å². The predicted octanol–water partition coefficient (Wildman–Crippen LogP) is 4.69. The van der Waals surface area contributed by atoms with E-state index in [1.54, 1.807) is 6.20 Å². The highest BCUT2D eigenvalue weighted by Crippen LogP contribution is 2.30. The third-order valence-electron chi connectivity index (χ3n) is 5.28. The molecule has 0 saturated heterocycles. The lowest BCUT2D eigenvalue weighted by Gasteiger charge is -2.12. The predicted molar refractivity (Wildman–Crippen MR) is 137 cm³/mol. The summed E-state index contributed by atoms with van der Waals surface area (Å²) in [5.74, 6) is 1.96. The number of rotatable bonds is 9. The Balaban J connectivity index is 1.49. The first-order valence-electron chi connectivity index (χ1n) is 11.3. The molecular formula is C27H27N5O3. The maximum Gasteiger partial charge on any atom is 0.222 e. The van der Waals surface area contributed by atoms with Crippen LogP contribution in [0.1, 0.15) is 23.2 Å². The molecule has 0 bridgehead atoms. The van der Waals surface area contributed by atoms with Crippen LogP contribution < -0.4 is 15.4 Å². The fraction of sp³-hybridized carbons (Fsp3) is 0.185. The number of anilines is 2. The number of fused-ring (bicyclic) bond motifs is 1. The number of pyridine rings is 1. The van der Waals surface area contributed by atoms with Crippen molar-refractivity contribution < 1.29 is 14.6 Å². The molecule has 1 amide bonds. The van der Waals surface area contributed by atoms with E-state index in [1.807, 2.05) is 74.5 Å². The number of aromatic nitrogens is 3. The summed E-state index contributed by atoms with van der Waals surface area (Å²) in [5.41, 5.74) is 4.57. The number of ether oxygens (including phenoxy) is 1. The Labute approximate surface area is 203 Å². The highest BCUT2D eigenvalue weighted by molar-refractivity contribution is 5.92. The number of nitrogens with zero attached hydrogens (tertiary/aromatic N) is 3. The van der Waals surface area contributed by atoms with Crippen LogP contribution in [0.4, 0.5) is 11.5 Å². The first-order chi connectivity index (χ1) is 17.0. The van der Waals surface area contributed by atoms with Gasteiger partial charge in [0.05, 0.1) is 18.3 Å². The van der Waals surface area contributed by atoms with Gasteiger partial charge in [0.1, 0.15) is 23.6 Å². The molecule has 0 saturated carbocycles. The topological polar surface area (TPSA) is 109 Å². The van der Waals surface area contributed by atoms with Gasteiger partial charge in [-0.15, -0.1) is 0 Å². The minimum absolute atomic E-state index is 0.103. The molecule has 8 heteroatoms. The number of hydrogen-bond donors (Lipinski definition) is 3. The monoisotopic (exact) mass is 469 g/mol. The fourth-order valence-electron chi connectivity index (χ4n) is 3.46. The van der Waals surface area contributed by atoms with E-state index in [0.717, 1.165) is 39.2 Å². The molecule has 0 aliphatic rings. The number of aliphatic hydroxyl groups excluding tert-OH is 1. The summed E-state index contributed by atoms with van der Waals surface area (Å²) in [4.78, 5) is 24.5. The van der Waals surface area contributed by atoms with Gasteiger partial charge < -0.3 is 20.5 Å². The average molecular weight is 470 g/mol. The normalized spacial score (nSPS) is 11.1. The van der Waals surface area contributed by atoms with Gasteiger partial charge in [0.2, 0.25) is 5.91 Å². The van der Waals surface area contributed by atoms with Crippen molar-refractivity contribution in [3.05, 3.63) is 84.0 Å². The molecule has 2 heterocycles. The van der Waals surface area contributed by atoms with Gasteiger partial charge in [0.15, 0.2) is 0 Å². The molecule has 8 nitrogen and oxygen atoms in total. The van der Waals surface area contributed by atoms with Crippen LogP contribution in [0.5, 0.6) is 11.5 Å². The summed E-state index contributed by atoms with van der Waals surface area (Å²) in [6.07, 6.45) is 7.13. The molecule has 0 radical (unpaired) electrons. The summed E-state index contributed by atoms with van der Waals surface area (Å²) in [6.45, 7) is 4.16. The van der Waals surface area contributed by atoms with E-state index in [9.17, 15) is 4.79 Å². The Hall–Kier alpha value is -4.30. The maximum atomic E-state index is 11.5. The van der Waals surface area contributed by atoms with Crippen molar-refractivity contribution in [2.24, 2.45) is 0 Å². The molecule has 0 unspecified atom stereocenters. The Morgan fingerprint density at radius 1 is 1.06 bits per heavy atom. The summed E-state index contributed by atoms with van der Waals surface area (Å²) in [7, 11) is 0. The Kier molecular flexibility index (Phi) is 7.64. The van der Waals surface area contributed by atoms with E-state index in [1.165, 1.54) is 6.33 Å². The van der Waals surface area contributed by atoms with Crippen LogP contribution >= 0.6 is 0 Å². The molecule has 2 aromatic carbocycles. The van der Waals surface area contributed by atoms with E-state index >= 15 is 0 Å². The number of carbonyl (C=O) groups excluding carboxylic acids is 1. The molecule has 178 valence electrons. The van der Waals surface area contributed by atoms with Crippen LogP contribution in [0.3, 0.4) is 0 Å². The largest absolute Gasteiger partial charge is 0.455 e. The van der Waals surface area contributed by atoms with Gasteiger partial charge in [-0.3, -0.25) is 9.78 Å².